The Morgan fingerprint density at radius 1 is 1.41 bits per heavy atom. The molecular weight excluding hydrogens is 304 g/mol. The predicted molar refractivity (Wildman–Crippen MR) is 83.0 cm³/mol. The summed E-state index contributed by atoms with van der Waals surface area (Å²) in [7, 11) is 0. The highest BCUT2D eigenvalue weighted by Gasteiger charge is 2.15. The highest BCUT2D eigenvalue weighted by atomic mass is 32.1. The van der Waals surface area contributed by atoms with Crippen LogP contribution in [-0.2, 0) is 6.54 Å². The smallest absolute Gasteiger partial charge is 0.270 e. The minimum Gasteiger partial charge on any atom is -0.345 e. The zero-order chi connectivity index (χ0) is 16.3. The molecule has 0 atom stereocenters. The summed E-state index contributed by atoms with van der Waals surface area (Å²) >= 11 is 1.45. The van der Waals surface area contributed by atoms with Crippen LogP contribution in [0.2, 0.25) is 0 Å². The van der Waals surface area contributed by atoms with Gasteiger partial charge in [0.2, 0.25) is 0 Å². The van der Waals surface area contributed by atoms with Crippen LogP contribution in [0.15, 0.2) is 18.2 Å². The molecule has 1 N–H and O–H groups in total. The van der Waals surface area contributed by atoms with E-state index in [1.165, 1.54) is 23.5 Å². The fourth-order valence-electron chi connectivity index (χ4n) is 1.79. The van der Waals surface area contributed by atoms with E-state index in [0.717, 1.165) is 5.01 Å². The molecule has 2 rings (SSSR count). The van der Waals surface area contributed by atoms with Crippen LogP contribution in [0.25, 0.3) is 0 Å². The molecule has 116 valence electrons. The number of nitro benzene ring substituents is 1. The molecule has 0 saturated heterocycles. The van der Waals surface area contributed by atoms with Crippen LogP contribution in [0.4, 0.5) is 5.69 Å². The molecule has 2 aromatic rings. The summed E-state index contributed by atoms with van der Waals surface area (Å²) in [6.45, 7) is 6.04. The molecule has 0 bridgehead atoms. The summed E-state index contributed by atoms with van der Waals surface area (Å²) < 4.78 is 0. The number of carbonyl (C=O) groups excluding carboxylic acids is 1. The maximum Gasteiger partial charge on any atom is 0.270 e. The lowest BCUT2D eigenvalue weighted by Gasteiger charge is -2.06. The molecule has 0 unspecified atom stereocenters. The number of non-ortho nitro benzene ring substituents is 1. The Labute approximate surface area is 131 Å². The van der Waals surface area contributed by atoms with E-state index >= 15 is 0 Å². The van der Waals surface area contributed by atoms with Crippen molar-refractivity contribution in [2.75, 3.05) is 0 Å². The van der Waals surface area contributed by atoms with E-state index in [-0.39, 0.29) is 18.1 Å². The van der Waals surface area contributed by atoms with Crippen molar-refractivity contribution < 1.29 is 9.72 Å². The van der Waals surface area contributed by atoms with Gasteiger partial charge in [0.15, 0.2) is 0 Å². The van der Waals surface area contributed by atoms with Crippen molar-refractivity contribution in [2.45, 2.75) is 33.2 Å². The summed E-state index contributed by atoms with van der Waals surface area (Å²) in [5, 5.41) is 23.2. The number of aryl methyl sites for hydroxylation is 1. The van der Waals surface area contributed by atoms with Gasteiger partial charge in [-0.1, -0.05) is 31.3 Å². The Bertz CT molecular complexity index is 712. The molecule has 0 saturated carbocycles. The van der Waals surface area contributed by atoms with E-state index in [9.17, 15) is 14.9 Å². The van der Waals surface area contributed by atoms with Crippen LogP contribution in [0, 0.1) is 17.0 Å². The van der Waals surface area contributed by atoms with E-state index in [1.807, 2.05) is 13.8 Å². The normalized spacial score (nSPS) is 10.7. The molecule has 0 aliphatic rings. The molecule has 0 spiro atoms. The van der Waals surface area contributed by atoms with E-state index in [2.05, 4.69) is 15.5 Å². The minimum absolute atomic E-state index is 0.103. The molecule has 0 fully saturated rings. The molecule has 0 aliphatic heterocycles. The van der Waals surface area contributed by atoms with Crippen molar-refractivity contribution in [1.82, 2.24) is 15.5 Å². The molecule has 0 radical (unpaired) electrons. The lowest BCUT2D eigenvalue weighted by molar-refractivity contribution is -0.384. The van der Waals surface area contributed by atoms with Crippen molar-refractivity contribution in [1.29, 1.82) is 0 Å². The van der Waals surface area contributed by atoms with Crippen LogP contribution in [-0.4, -0.2) is 21.0 Å². The van der Waals surface area contributed by atoms with Gasteiger partial charge in [0.1, 0.15) is 10.0 Å². The number of rotatable bonds is 5. The van der Waals surface area contributed by atoms with Gasteiger partial charge in [-0.2, -0.15) is 0 Å². The van der Waals surface area contributed by atoms with Gasteiger partial charge in [-0.15, -0.1) is 10.2 Å². The number of nitrogens with one attached hydrogen (secondary N) is 1. The average Bonchev–Trinajstić information content (AvgIpc) is 2.94. The lowest BCUT2D eigenvalue weighted by Crippen LogP contribution is -2.23. The summed E-state index contributed by atoms with van der Waals surface area (Å²) in [4.78, 5) is 22.4. The Hall–Kier alpha value is -2.35. The minimum atomic E-state index is -0.518. The summed E-state index contributed by atoms with van der Waals surface area (Å²) in [6, 6.07) is 4.23. The third kappa shape index (κ3) is 3.64. The van der Waals surface area contributed by atoms with Gasteiger partial charge < -0.3 is 5.32 Å². The second-order valence-electron chi connectivity index (χ2n) is 5.13. The molecule has 1 aromatic heterocycles. The second-order valence-corrected chi connectivity index (χ2v) is 6.22. The van der Waals surface area contributed by atoms with E-state index in [0.29, 0.717) is 22.1 Å². The largest absolute Gasteiger partial charge is 0.345 e. The Morgan fingerprint density at radius 3 is 2.73 bits per heavy atom. The van der Waals surface area contributed by atoms with Crippen molar-refractivity contribution >= 4 is 22.9 Å². The zero-order valence-corrected chi connectivity index (χ0v) is 13.3. The van der Waals surface area contributed by atoms with Crippen LogP contribution in [0.3, 0.4) is 0 Å². The maximum atomic E-state index is 12.2. The number of benzene rings is 1. The molecule has 22 heavy (non-hydrogen) atoms. The van der Waals surface area contributed by atoms with E-state index in [1.54, 1.807) is 13.0 Å². The van der Waals surface area contributed by atoms with Crippen molar-refractivity contribution in [2.24, 2.45) is 0 Å². The maximum absolute atomic E-state index is 12.2. The van der Waals surface area contributed by atoms with Crippen LogP contribution < -0.4 is 5.32 Å². The van der Waals surface area contributed by atoms with Crippen molar-refractivity contribution in [3.63, 3.8) is 0 Å². The zero-order valence-electron chi connectivity index (χ0n) is 12.5. The molecule has 7 nitrogen and oxygen atoms in total. The molecule has 8 heteroatoms. The van der Waals surface area contributed by atoms with Gasteiger partial charge in [-0.05, 0) is 12.5 Å². The average molecular weight is 320 g/mol. The highest BCUT2D eigenvalue weighted by Crippen LogP contribution is 2.20. The topological polar surface area (TPSA) is 98.0 Å². The molecular formula is C14H16N4O3S. The number of aromatic nitrogens is 2. The van der Waals surface area contributed by atoms with Gasteiger partial charge in [0, 0.05) is 23.6 Å². The summed E-state index contributed by atoms with van der Waals surface area (Å²) in [5.74, 6) is -0.0662. The predicted octanol–water partition coefficient (Wildman–Crippen LogP) is 2.81. The first-order valence-electron chi connectivity index (χ1n) is 6.74. The number of nitro groups is 1. The lowest BCUT2D eigenvalue weighted by atomic mass is 10.1. The number of hydrogen-bond donors (Lipinski definition) is 1. The standard InChI is InChI=1S/C14H16N4O3S/c1-8(2)14-17-16-12(22-14)7-15-13(19)11-6-10(18(20)21)5-4-9(11)3/h4-6,8H,7H2,1-3H3,(H,15,19). The van der Waals surface area contributed by atoms with Crippen molar-refractivity contribution in [3.8, 4) is 0 Å². The number of carbonyl (C=O) groups is 1. The first kappa shape index (κ1) is 16.0. The van der Waals surface area contributed by atoms with Crippen molar-refractivity contribution in [3.05, 3.63) is 49.5 Å². The van der Waals surface area contributed by atoms with Crippen LogP contribution in [0.1, 0.15) is 45.7 Å². The van der Waals surface area contributed by atoms with E-state index in [4.69, 9.17) is 0 Å². The monoisotopic (exact) mass is 320 g/mol. The van der Waals surface area contributed by atoms with Gasteiger partial charge in [0.05, 0.1) is 11.5 Å². The van der Waals surface area contributed by atoms with E-state index < -0.39 is 4.92 Å². The van der Waals surface area contributed by atoms with Gasteiger partial charge in [0.25, 0.3) is 11.6 Å². The summed E-state index contributed by atoms with van der Waals surface area (Å²) in [6.07, 6.45) is 0. The third-order valence-corrected chi connectivity index (χ3v) is 4.28. The quantitative estimate of drug-likeness (QED) is 0.674. The fraction of sp³-hybridized carbons (Fsp3) is 0.357. The Balaban J connectivity index is 2.08. The van der Waals surface area contributed by atoms with Gasteiger partial charge >= 0.3 is 0 Å². The van der Waals surface area contributed by atoms with Gasteiger partial charge in [-0.3, -0.25) is 14.9 Å². The number of amides is 1. The first-order valence-corrected chi connectivity index (χ1v) is 7.55. The first-order chi connectivity index (χ1) is 10.4. The second kappa shape index (κ2) is 6.61. The Morgan fingerprint density at radius 2 is 2.14 bits per heavy atom. The third-order valence-electron chi connectivity index (χ3n) is 3.05. The molecule has 1 amide bonds. The fourth-order valence-corrected chi connectivity index (χ4v) is 2.58. The van der Waals surface area contributed by atoms with Crippen LogP contribution in [0.5, 0.6) is 0 Å². The van der Waals surface area contributed by atoms with Crippen LogP contribution >= 0.6 is 11.3 Å². The summed E-state index contributed by atoms with van der Waals surface area (Å²) in [5.41, 5.74) is 0.875. The number of nitrogens with zero attached hydrogens (tertiary/aromatic N) is 3. The molecule has 1 aromatic carbocycles. The van der Waals surface area contributed by atoms with Gasteiger partial charge in [-0.25, -0.2) is 0 Å². The SMILES string of the molecule is Cc1ccc([N+](=O)[O-])cc1C(=O)NCc1nnc(C(C)C)s1. The molecule has 1 heterocycles. The highest BCUT2D eigenvalue weighted by molar-refractivity contribution is 7.11. The molecule has 0 aliphatic carbocycles. The number of hydrogen-bond acceptors (Lipinski definition) is 6. The Kier molecular flexibility index (Phi) is 4.81.